The van der Waals surface area contributed by atoms with Gasteiger partial charge in [-0.2, -0.15) is 5.10 Å². The number of fused-ring (bicyclic) bond motifs is 1. The van der Waals surface area contributed by atoms with Crippen LogP contribution in [0.1, 0.15) is 19.3 Å². The van der Waals surface area contributed by atoms with Crippen molar-refractivity contribution >= 4 is 26.9 Å². The number of piperidine rings is 1. The number of nitrogens with zero attached hydrogens (tertiary/aromatic N) is 5. The van der Waals surface area contributed by atoms with Crippen molar-refractivity contribution < 1.29 is 5.11 Å². The van der Waals surface area contributed by atoms with Gasteiger partial charge in [-0.25, -0.2) is 15.0 Å². The van der Waals surface area contributed by atoms with Crippen LogP contribution in [-0.4, -0.2) is 60.4 Å². The van der Waals surface area contributed by atoms with E-state index >= 15 is 0 Å². The molecule has 6 rings (SSSR count). The minimum Gasteiger partial charge on any atom is -0.506 e. The third-order valence-electron chi connectivity index (χ3n) is 6.11. The van der Waals surface area contributed by atoms with Crippen LogP contribution in [0, 0.1) is 0 Å². The Labute approximate surface area is 170 Å². The maximum absolute atomic E-state index is 10.5. The van der Waals surface area contributed by atoms with Crippen LogP contribution in [0.5, 0.6) is 5.75 Å². The van der Waals surface area contributed by atoms with Crippen LogP contribution in [0.4, 0.5) is 5.13 Å². The van der Waals surface area contributed by atoms with Crippen LogP contribution in [-0.2, 0) is 0 Å². The first-order chi connectivity index (χ1) is 14.2. The summed E-state index contributed by atoms with van der Waals surface area (Å²) in [5.41, 5.74) is 3.09. The third-order valence-corrected chi connectivity index (χ3v) is 7.08. The lowest BCUT2D eigenvalue weighted by atomic mass is 9.77. The lowest BCUT2D eigenvalue weighted by molar-refractivity contribution is 0.206. The lowest BCUT2D eigenvalue weighted by Gasteiger charge is -2.55. The number of aromatic hydroxyl groups is 1. The zero-order valence-corrected chi connectivity index (χ0v) is 16.5. The van der Waals surface area contributed by atoms with Gasteiger partial charge in [-0.05, 0) is 38.4 Å². The molecule has 29 heavy (non-hydrogen) atoms. The molecule has 2 aliphatic rings. The van der Waals surface area contributed by atoms with Crippen LogP contribution < -0.4 is 10.2 Å². The van der Waals surface area contributed by atoms with Crippen molar-refractivity contribution in [1.82, 2.24) is 35.5 Å². The summed E-state index contributed by atoms with van der Waals surface area (Å²) < 4.78 is 0. The summed E-state index contributed by atoms with van der Waals surface area (Å²) in [5, 5.41) is 21.6. The summed E-state index contributed by atoms with van der Waals surface area (Å²) in [6.45, 7) is 3.20. The van der Waals surface area contributed by atoms with Gasteiger partial charge in [-0.15, -0.1) is 0 Å². The summed E-state index contributed by atoms with van der Waals surface area (Å²) in [7, 11) is 0. The summed E-state index contributed by atoms with van der Waals surface area (Å²) in [5.74, 6) is 0.600. The fourth-order valence-electron chi connectivity index (χ4n) is 4.38. The zero-order valence-electron chi connectivity index (χ0n) is 15.6. The Kier molecular flexibility index (Phi) is 3.65. The minimum absolute atomic E-state index is 0.0710. The molecule has 4 aromatic rings. The van der Waals surface area contributed by atoms with Gasteiger partial charge in [0.15, 0.2) is 21.4 Å². The number of pyridine rings is 1. The minimum atomic E-state index is 0.0710. The third kappa shape index (κ3) is 2.63. The molecule has 4 aromatic heterocycles. The Morgan fingerprint density at radius 2 is 2.00 bits per heavy atom. The van der Waals surface area contributed by atoms with Gasteiger partial charge in [0.25, 0.3) is 0 Å². The van der Waals surface area contributed by atoms with E-state index in [1.54, 1.807) is 36.0 Å². The van der Waals surface area contributed by atoms with Gasteiger partial charge in [0.1, 0.15) is 11.4 Å². The SMILES string of the molecule is Oc1cc(-c2cn[nH]c2)cnc1-c1nc2sc(N3CCC34CCNCC4)nc2[nH]1. The first-order valence-electron chi connectivity index (χ1n) is 9.75. The molecule has 0 aliphatic carbocycles. The van der Waals surface area contributed by atoms with E-state index < -0.39 is 0 Å². The maximum atomic E-state index is 10.5. The molecule has 148 valence electrons. The smallest absolute Gasteiger partial charge is 0.189 e. The normalized spacial score (nSPS) is 18.4. The van der Waals surface area contributed by atoms with Crippen molar-refractivity contribution in [3.8, 4) is 28.4 Å². The Morgan fingerprint density at radius 1 is 1.10 bits per heavy atom. The summed E-state index contributed by atoms with van der Waals surface area (Å²) in [6.07, 6.45) is 8.72. The number of aromatic amines is 2. The van der Waals surface area contributed by atoms with E-state index in [1.807, 2.05) is 0 Å². The number of imidazole rings is 1. The van der Waals surface area contributed by atoms with Gasteiger partial charge in [-0.3, -0.25) is 5.10 Å². The number of anilines is 1. The van der Waals surface area contributed by atoms with Crippen molar-refractivity contribution in [2.24, 2.45) is 0 Å². The predicted molar refractivity (Wildman–Crippen MR) is 111 cm³/mol. The van der Waals surface area contributed by atoms with Gasteiger partial charge in [0.2, 0.25) is 0 Å². The van der Waals surface area contributed by atoms with E-state index in [0.29, 0.717) is 11.5 Å². The highest BCUT2D eigenvalue weighted by Gasteiger charge is 2.46. The fraction of sp³-hybridized carbons (Fsp3) is 0.368. The van der Waals surface area contributed by atoms with Crippen molar-refractivity contribution in [3.05, 3.63) is 24.7 Å². The molecule has 0 radical (unpaired) electrons. The Balaban J connectivity index is 1.30. The van der Waals surface area contributed by atoms with Gasteiger partial charge >= 0.3 is 0 Å². The monoisotopic (exact) mass is 408 g/mol. The zero-order chi connectivity index (χ0) is 19.4. The summed E-state index contributed by atoms with van der Waals surface area (Å²) in [6, 6.07) is 1.67. The molecule has 1 spiro atoms. The topological polar surface area (TPSA) is 119 Å². The maximum Gasteiger partial charge on any atom is 0.189 e. The van der Waals surface area contributed by atoms with E-state index in [-0.39, 0.29) is 11.3 Å². The van der Waals surface area contributed by atoms with Crippen LogP contribution >= 0.6 is 11.3 Å². The van der Waals surface area contributed by atoms with Crippen molar-refractivity contribution in [2.45, 2.75) is 24.8 Å². The second kappa shape index (κ2) is 6.26. The molecule has 2 aliphatic heterocycles. The molecule has 0 unspecified atom stereocenters. The number of nitrogens with one attached hydrogen (secondary N) is 3. The lowest BCUT2D eigenvalue weighted by Crippen LogP contribution is -2.64. The first kappa shape index (κ1) is 16.9. The molecule has 2 saturated heterocycles. The van der Waals surface area contributed by atoms with Crippen molar-refractivity contribution in [2.75, 3.05) is 24.5 Å². The number of H-pyrrole nitrogens is 2. The molecule has 0 bridgehead atoms. The summed E-state index contributed by atoms with van der Waals surface area (Å²) in [4.78, 5) is 20.4. The highest BCUT2D eigenvalue weighted by atomic mass is 32.1. The first-order valence-corrected chi connectivity index (χ1v) is 10.6. The van der Waals surface area contributed by atoms with Crippen molar-refractivity contribution in [1.29, 1.82) is 0 Å². The van der Waals surface area contributed by atoms with E-state index in [1.165, 1.54) is 19.3 Å². The quantitative estimate of drug-likeness (QED) is 0.411. The molecule has 9 nitrogen and oxygen atoms in total. The molecular weight excluding hydrogens is 388 g/mol. The summed E-state index contributed by atoms with van der Waals surface area (Å²) >= 11 is 1.60. The van der Waals surface area contributed by atoms with E-state index in [2.05, 4.69) is 35.4 Å². The molecular formula is C19H20N8OS. The second-order valence-corrected chi connectivity index (χ2v) is 8.65. The van der Waals surface area contributed by atoms with E-state index in [4.69, 9.17) is 4.98 Å². The highest BCUT2D eigenvalue weighted by Crippen LogP contribution is 2.44. The van der Waals surface area contributed by atoms with Crippen LogP contribution in [0.3, 0.4) is 0 Å². The molecule has 2 fully saturated rings. The van der Waals surface area contributed by atoms with Crippen LogP contribution in [0.25, 0.3) is 33.1 Å². The largest absolute Gasteiger partial charge is 0.506 e. The highest BCUT2D eigenvalue weighted by molar-refractivity contribution is 7.21. The molecule has 6 heterocycles. The van der Waals surface area contributed by atoms with Gasteiger partial charge < -0.3 is 20.3 Å². The average molecular weight is 408 g/mol. The fourth-order valence-corrected chi connectivity index (χ4v) is 5.42. The number of aromatic nitrogens is 6. The number of rotatable bonds is 3. The Hall–Kier alpha value is -2.98. The average Bonchev–Trinajstić information content (AvgIpc) is 3.44. The number of thiazole rings is 1. The predicted octanol–water partition coefficient (Wildman–Crippen LogP) is 2.51. The van der Waals surface area contributed by atoms with Gasteiger partial charge in [0, 0.05) is 35.6 Å². The van der Waals surface area contributed by atoms with E-state index in [9.17, 15) is 5.11 Å². The molecule has 0 saturated carbocycles. The molecule has 10 heteroatoms. The van der Waals surface area contributed by atoms with Crippen LogP contribution in [0.15, 0.2) is 24.7 Å². The van der Waals surface area contributed by atoms with Gasteiger partial charge in [-0.1, -0.05) is 11.3 Å². The standard InChI is InChI=1S/C19H20N8OS/c28-13-7-11(12-9-22-23-10-12)8-21-14(13)15-24-16-17(25-15)29-18(26-16)27-6-3-19(27)1-4-20-5-2-19/h7-10,20,28H,1-6H2,(H,22,23)(H,24,25). The number of hydrogen-bond acceptors (Lipinski definition) is 8. The van der Waals surface area contributed by atoms with Gasteiger partial charge in [0.05, 0.1) is 6.20 Å². The number of hydrogen-bond donors (Lipinski definition) is 4. The second-order valence-electron chi connectivity index (χ2n) is 7.69. The van der Waals surface area contributed by atoms with E-state index in [0.717, 1.165) is 46.4 Å². The Morgan fingerprint density at radius 3 is 2.69 bits per heavy atom. The molecule has 4 N–H and O–H groups in total. The molecule has 0 atom stereocenters. The van der Waals surface area contributed by atoms with Crippen LogP contribution in [0.2, 0.25) is 0 Å². The van der Waals surface area contributed by atoms with Crippen molar-refractivity contribution in [3.63, 3.8) is 0 Å². The molecule has 0 aromatic carbocycles. The molecule has 0 amide bonds. The Bertz CT molecular complexity index is 1140.